The molecular weight excluding hydrogens is 350 g/mol. The van der Waals surface area contributed by atoms with Gasteiger partial charge in [0.05, 0.1) is 21.0 Å². The highest BCUT2D eigenvalue weighted by atomic mass is 79.9. The summed E-state index contributed by atoms with van der Waals surface area (Å²) < 4.78 is 5.98. The van der Waals surface area contributed by atoms with E-state index in [0.717, 1.165) is 0 Å². The molecule has 0 saturated heterocycles. The Labute approximate surface area is 128 Å². The molecule has 2 rings (SSSR count). The highest BCUT2D eigenvalue weighted by molar-refractivity contribution is 9.10. The van der Waals surface area contributed by atoms with Crippen molar-refractivity contribution in [1.82, 2.24) is 0 Å². The van der Waals surface area contributed by atoms with Gasteiger partial charge >= 0.3 is 5.69 Å². The Kier molecular flexibility index (Phi) is 4.59. The number of nitro groups is 1. The van der Waals surface area contributed by atoms with E-state index >= 15 is 0 Å². The van der Waals surface area contributed by atoms with Crippen molar-refractivity contribution in [3.05, 3.63) is 61.6 Å². The first-order valence-electron chi connectivity index (χ1n) is 5.53. The van der Waals surface area contributed by atoms with E-state index in [-0.39, 0.29) is 28.8 Å². The second-order valence-electron chi connectivity index (χ2n) is 3.87. The maximum Gasteiger partial charge on any atom is 0.312 e. The van der Waals surface area contributed by atoms with Gasteiger partial charge in [0, 0.05) is 6.07 Å². The zero-order valence-electron chi connectivity index (χ0n) is 10.0. The minimum absolute atomic E-state index is 0.0798. The normalized spacial score (nSPS) is 10.3. The Bertz CT molecular complexity index is 663. The van der Waals surface area contributed by atoms with E-state index < -0.39 is 4.92 Å². The number of nitro benzene ring substituents is 1. The predicted octanol–water partition coefficient (Wildman–Crippen LogP) is 4.30. The first-order chi connectivity index (χ1) is 9.52. The molecule has 2 aromatic carbocycles. The molecule has 0 bridgehead atoms. The molecule has 0 aliphatic carbocycles. The standard InChI is InChI=1S/C13H9BrClNO4/c14-9-2-1-3-11(16(18)19)13(9)20-12-5-4-8(7-17)6-10(12)15/h1-6,17H,7H2. The molecule has 0 atom stereocenters. The first-order valence-corrected chi connectivity index (χ1v) is 6.70. The summed E-state index contributed by atoms with van der Waals surface area (Å²) in [5.41, 5.74) is 0.464. The van der Waals surface area contributed by atoms with Gasteiger partial charge in [-0.15, -0.1) is 0 Å². The zero-order chi connectivity index (χ0) is 14.7. The van der Waals surface area contributed by atoms with Gasteiger partial charge in [-0.2, -0.15) is 0 Å². The van der Waals surface area contributed by atoms with E-state index in [0.29, 0.717) is 10.0 Å². The molecule has 0 radical (unpaired) electrons. The minimum atomic E-state index is -0.532. The predicted molar refractivity (Wildman–Crippen MR) is 78.2 cm³/mol. The molecule has 1 N–H and O–H groups in total. The quantitative estimate of drug-likeness (QED) is 0.653. The van der Waals surface area contributed by atoms with Crippen molar-refractivity contribution in [3.8, 4) is 11.5 Å². The van der Waals surface area contributed by atoms with E-state index in [1.807, 2.05) is 0 Å². The molecular formula is C13H9BrClNO4. The Morgan fingerprint density at radius 1 is 1.35 bits per heavy atom. The van der Waals surface area contributed by atoms with Gasteiger partial charge in [0.1, 0.15) is 5.75 Å². The molecule has 0 aromatic heterocycles. The van der Waals surface area contributed by atoms with Crippen LogP contribution in [-0.2, 0) is 6.61 Å². The first kappa shape index (κ1) is 14.8. The summed E-state index contributed by atoms with van der Waals surface area (Å²) in [6, 6.07) is 9.25. The smallest absolute Gasteiger partial charge is 0.312 e. The number of hydrogen-bond donors (Lipinski definition) is 1. The Morgan fingerprint density at radius 3 is 2.70 bits per heavy atom. The van der Waals surface area contributed by atoms with Crippen LogP contribution in [0.15, 0.2) is 40.9 Å². The summed E-state index contributed by atoms with van der Waals surface area (Å²) in [6.07, 6.45) is 0. The fourth-order valence-corrected chi connectivity index (χ4v) is 2.26. The molecule has 0 unspecified atom stereocenters. The summed E-state index contributed by atoms with van der Waals surface area (Å²) in [6.45, 7) is -0.144. The van der Waals surface area contributed by atoms with E-state index in [9.17, 15) is 10.1 Å². The van der Waals surface area contributed by atoms with E-state index in [1.54, 1.807) is 30.3 Å². The lowest BCUT2D eigenvalue weighted by molar-refractivity contribution is -0.385. The van der Waals surface area contributed by atoms with Crippen LogP contribution in [0, 0.1) is 10.1 Å². The summed E-state index contributed by atoms with van der Waals surface area (Å²) in [5, 5.41) is 20.3. The number of ether oxygens (including phenoxy) is 1. The number of aliphatic hydroxyl groups excluding tert-OH is 1. The molecule has 7 heteroatoms. The fraction of sp³-hybridized carbons (Fsp3) is 0.0769. The molecule has 0 aliphatic rings. The third kappa shape index (κ3) is 3.09. The summed E-state index contributed by atoms with van der Waals surface area (Å²) in [4.78, 5) is 10.5. The largest absolute Gasteiger partial charge is 0.447 e. The van der Waals surface area contributed by atoms with Crippen molar-refractivity contribution in [2.24, 2.45) is 0 Å². The number of rotatable bonds is 4. The van der Waals surface area contributed by atoms with E-state index in [2.05, 4.69) is 15.9 Å². The van der Waals surface area contributed by atoms with Gasteiger partial charge in [0.25, 0.3) is 0 Å². The lowest BCUT2D eigenvalue weighted by atomic mass is 10.2. The van der Waals surface area contributed by atoms with Crippen LogP contribution in [0.3, 0.4) is 0 Å². The molecule has 0 spiro atoms. The number of hydrogen-bond acceptors (Lipinski definition) is 4. The third-order valence-electron chi connectivity index (χ3n) is 2.53. The van der Waals surface area contributed by atoms with E-state index in [4.69, 9.17) is 21.4 Å². The zero-order valence-corrected chi connectivity index (χ0v) is 12.4. The number of benzene rings is 2. The maximum absolute atomic E-state index is 11.0. The van der Waals surface area contributed by atoms with Crippen LogP contribution in [0.25, 0.3) is 0 Å². The van der Waals surface area contributed by atoms with Gasteiger partial charge in [-0.05, 0) is 39.7 Å². The highest BCUT2D eigenvalue weighted by Crippen LogP contribution is 2.40. The van der Waals surface area contributed by atoms with Crippen molar-refractivity contribution in [3.63, 3.8) is 0 Å². The van der Waals surface area contributed by atoms with Crippen molar-refractivity contribution in [2.45, 2.75) is 6.61 Å². The van der Waals surface area contributed by atoms with Crippen LogP contribution in [0.5, 0.6) is 11.5 Å². The molecule has 0 heterocycles. The molecule has 0 amide bonds. The van der Waals surface area contributed by atoms with Crippen molar-refractivity contribution >= 4 is 33.2 Å². The van der Waals surface area contributed by atoms with Crippen LogP contribution < -0.4 is 4.74 Å². The lowest BCUT2D eigenvalue weighted by Gasteiger charge is -2.10. The third-order valence-corrected chi connectivity index (χ3v) is 3.45. The molecule has 2 aromatic rings. The topological polar surface area (TPSA) is 72.6 Å². The number of halogens is 2. The Balaban J connectivity index is 2.42. The average Bonchev–Trinajstić information content (AvgIpc) is 2.42. The summed E-state index contributed by atoms with van der Waals surface area (Å²) in [7, 11) is 0. The molecule has 20 heavy (non-hydrogen) atoms. The summed E-state index contributed by atoms with van der Waals surface area (Å²) in [5.74, 6) is 0.356. The van der Waals surface area contributed by atoms with Crippen molar-refractivity contribution in [2.75, 3.05) is 0 Å². The number of aliphatic hydroxyl groups is 1. The molecule has 104 valence electrons. The second kappa shape index (κ2) is 6.21. The van der Waals surface area contributed by atoms with Crippen LogP contribution in [0.4, 0.5) is 5.69 Å². The number of nitrogens with zero attached hydrogens (tertiary/aromatic N) is 1. The monoisotopic (exact) mass is 357 g/mol. The SMILES string of the molecule is O=[N+]([O-])c1cccc(Br)c1Oc1ccc(CO)cc1Cl. The number of para-hydroxylation sites is 1. The molecule has 0 saturated carbocycles. The van der Waals surface area contributed by atoms with E-state index in [1.165, 1.54) is 6.07 Å². The van der Waals surface area contributed by atoms with Gasteiger partial charge in [-0.25, -0.2) is 0 Å². The molecule has 5 nitrogen and oxygen atoms in total. The highest BCUT2D eigenvalue weighted by Gasteiger charge is 2.19. The second-order valence-corrected chi connectivity index (χ2v) is 5.13. The Morgan fingerprint density at radius 2 is 2.10 bits per heavy atom. The minimum Gasteiger partial charge on any atom is -0.447 e. The average molecular weight is 359 g/mol. The van der Waals surface area contributed by atoms with Crippen molar-refractivity contribution < 1.29 is 14.8 Å². The lowest BCUT2D eigenvalue weighted by Crippen LogP contribution is -1.95. The van der Waals surface area contributed by atoms with Gasteiger partial charge in [0.2, 0.25) is 5.75 Å². The summed E-state index contributed by atoms with van der Waals surface area (Å²) >= 11 is 9.23. The van der Waals surface area contributed by atoms with Crippen LogP contribution >= 0.6 is 27.5 Å². The van der Waals surface area contributed by atoms with Crippen LogP contribution in [0.2, 0.25) is 5.02 Å². The van der Waals surface area contributed by atoms with Crippen molar-refractivity contribution in [1.29, 1.82) is 0 Å². The Hall–Kier alpha value is -1.63. The molecule has 0 fully saturated rings. The van der Waals surface area contributed by atoms with Crippen LogP contribution in [-0.4, -0.2) is 10.0 Å². The van der Waals surface area contributed by atoms with Gasteiger partial charge in [-0.3, -0.25) is 10.1 Å². The maximum atomic E-state index is 11.0. The van der Waals surface area contributed by atoms with Crippen LogP contribution in [0.1, 0.15) is 5.56 Å². The fourth-order valence-electron chi connectivity index (χ4n) is 1.58. The van der Waals surface area contributed by atoms with Gasteiger partial charge in [0.15, 0.2) is 0 Å². The molecule has 0 aliphatic heterocycles. The van der Waals surface area contributed by atoms with Gasteiger partial charge < -0.3 is 9.84 Å². The van der Waals surface area contributed by atoms with Gasteiger partial charge in [-0.1, -0.05) is 23.7 Å².